The van der Waals surface area contributed by atoms with Crippen molar-refractivity contribution in [2.24, 2.45) is 11.8 Å². The number of carboxylic acid groups (broad SMARTS) is 1. The molecular weight excluding hydrogens is 368 g/mol. The highest BCUT2D eigenvalue weighted by Crippen LogP contribution is 2.20. The summed E-state index contributed by atoms with van der Waals surface area (Å²) >= 11 is 0. The Morgan fingerprint density at radius 3 is 2.74 bits per heavy atom. The number of aryl methyl sites for hydroxylation is 1. The van der Waals surface area contributed by atoms with Crippen molar-refractivity contribution in [3.63, 3.8) is 0 Å². The number of piperidine rings is 1. The van der Waals surface area contributed by atoms with Crippen LogP contribution in [0.25, 0.3) is 0 Å². The molecule has 1 fully saturated rings. The average Bonchev–Trinajstić information content (AvgIpc) is 2.64. The SMILES string of the molecule is CCS(=O)(=O)N1CCCC(C(=O)NCC(Cc2cccc(C)c2)C(=O)O)C1. The molecule has 1 amide bonds. The van der Waals surface area contributed by atoms with Crippen LogP contribution in [0.5, 0.6) is 0 Å². The standard InChI is InChI=1S/C19H28N2O5S/c1-3-27(25,26)21-9-5-8-16(13-21)18(22)20-12-17(19(23)24)11-15-7-4-6-14(2)10-15/h4,6-7,10,16-17H,3,5,8-9,11-13H2,1-2H3,(H,20,22)(H,23,24). The number of nitrogens with one attached hydrogen (secondary N) is 1. The van der Waals surface area contributed by atoms with Gasteiger partial charge in [0.25, 0.3) is 0 Å². The zero-order valence-corrected chi connectivity index (χ0v) is 16.7. The summed E-state index contributed by atoms with van der Waals surface area (Å²) < 4.78 is 25.4. The zero-order valence-electron chi connectivity index (χ0n) is 15.8. The van der Waals surface area contributed by atoms with Crippen LogP contribution in [0, 0.1) is 18.8 Å². The van der Waals surface area contributed by atoms with E-state index in [0.717, 1.165) is 11.1 Å². The largest absolute Gasteiger partial charge is 0.481 e. The molecule has 8 heteroatoms. The van der Waals surface area contributed by atoms with Crippen LogP contribution in [0.2, 0.25) is 0 Å². The van der Waals surface area contributed by atoms with Gasteiger partial charge in [-0.3, -0.25) is 9.59 Å². The number of rotatable bonds is 8. The lowest BCUT2D eigenvalue weighted by molar-refractivity contribution is -0.141. The molecule has 1 aromatic carbocycles. The summed E-state index contributed by atoms with van der Waals surface area (Å²) in [5.41, 5.74) is 1.97. The van der Waals surface area contributed by atoms with Gasteiger partial charge in [0.1, 0.15) is 0 Å². The average molecular weight is 397 g/mol. The molecule has 150 valence electrons. The second-order valence-electron chi connectivity index (χ2n) is 7.07. The number of aliphatic carboxylic acids is 1. The van der Waals surface area contributed by atoms with E-state index < -0.39 is 27.8 Å². The molecule has 0 aliphatic carbocycles. The number of carbonyl (C=O) groups excluding carboxylic acids is 1. The maximum absolute atomic E-state index is 12.5. The van der Waals surface area contributed by atoms with Gasteiger partial charge in [0.05, 0.1) is 17.6 Å². The highest BCUT2D eigenvalue weighted by atomic mass is 32.2. The third-order valence-corrected chi connectivity index (χ3v) is 6.80. The number of benzene rings is 1. The minimum absolute atomic E-state index is 0.0128. The molecule has 2 atom stereocenters. The van der Waals surface area contributed by atoms with Gasteiger partial charge < -0.3 is 10.4 Å². The zero-order chi connectivity index (χ0) is 20.0. The van der Waals surface area contributed by atoms with E-state index in [-0.39, 0.29) is 24.7 Å². The van der Waals surface area contributed by atoms with E-state index in [1.807, 2.05) is 31.2 Å². The van der Waals surface area contributed by atoms with Gasteiger partial charge in [-0.05, 0) is 38.7 Å². The summed E-state index contributed by atoms with van der Waals surface area (Å²) in [5, 5.41) is 12.2. The highest BCUT2D eigenvalue weighted by molar-refractivity contribution is 7.89. The third kappa shape index (κ3) is 6.04. The van der Waals surface area contributed by atoms with Gasteiger partial charge in [0, 0.05) is 19.6 Å². The first-order valence-electron chi connectivity index (χ1n) is 9.26. The molecule has 0 aromatic heterocycles. The molecule has 1 aliphatic rings. The van der Waals surface area contributed by atoms with Gasteiger partial charge in [-0.15, -0.1) is 0 Å². The van der Waals surface area contributed by atoms with Crippen molar-refractivity contribution < 1.29 is 23.1 Å². The van der Waals surface area contributed by atoms with Crippen LogP contribution < -0.4 is 5.32 Å². The molecule has 2 N–H and O–H groups in total. The normalized spacial score (nSPS) is 19.4. The first-order valence-corrected chi connectivity index (χ1v) is 10.9. The van der Waals surface area contributed by atoms with Crippen molar-refractivity contribution in [3.05, 3.63) is 35.4 Å². The smallest absolute Gasteiger partial charge is 0.308 e. The van der Waals surface area contributed by atoms with Crippen molar-refractivity contribution in [1.82, 2.24) is 9.62 Å². The van der Waals surface area contributed by atoms with E-state index in [0.29, 0.717) is 25.8 Å². The maximum Gasteiger partial charge on any atom is 0.308 e. The van der Waals surface area contributed by atoms with Crippen LogP contribution in [-0.4, -0.2) is 55.1 Å². The number of amides is 1. The fourth-order valence-corrected chi connectivity index (χ4v) is 4.51. The predicted molar refractivity (Wildman–Crippen MR) is 103 cm³/mol. The van der Waals surface area contributed by atoms with Crippen molar-refractivity contribution in [2.45, 2.75) is 33.1 Å². The number of carbonyl (C=O) groups is 2. The van der Waals surface area contributed by atoms with Crippen LogP contribution in [-0.2, 0) is 26.0 Å². The van der Waals surface area contributed by atoms with E-state index in [1.54, 1.807) is 6.92 Å². The Labute approximate surface area is 160 Å². The van der Waals surface area contributed by atoms with Gasteiger partial charge in [0.15, 0.2) is 0 Å². The topological polar surface area (TPSA) is 104 Å². The van der Waals surface area contributed by atoms with Crippen molar-refractivity contribution in [1.29, 1.82) is 0 Å². The number of hydrogen-bond acceptors (Lipinski definition) is 4. The first-order chi connectivity index (χ1) is 12.7. The van der Waals surface area contributed by atoms with Crippen LogP contribution in [0.1, 0.15) is 30.9 Å². The second-order valence-corrected chi connectivity index (χ2v) is 9.33. The lowest BCUT2D eigenvalue weighted by Gasteiger charge is -2.31. The fraction of sp³-hybridized carbons (Fsp3) is 0.579. The Kier molecular flexibility index (Phi) is 7.38. The van der Waals surface area contributed by atoms with E-state index >= 15 is 0 Å². The maximum atomic E-state index is 12.5. The minimum Gasteiger partial charge on any atom is -0.481 e. The van der Waals surface area contributed by atoms with E-state index in [4.69, 9.17) is 0 Å². The number of sulfonamides is 1. The van der Waals surface area contributed by atoms with Gasteiger partial charge in [-0.25, -0.2) is 12.7 Å². The summed E-state index contributed by atoms with van der Waals surface area (Å²) in [6.45, 7) is 4.16. The molecule has 1 aromatic rings. The monoisotopic (exact) mass is 396 g/mol. The molecule has 2 rings (SSSR count). The molecule has 1 heterocycles. The summed E-state index contributed by atoms with van der Waals surface area (Å²) in [6.07, 6.45) is 1.57. The molecule has 27 heavy (non-hydrogen) atoms. The number of carboxylic acids is 1. The lowest BCUT2D eigenvalue weighted by atomic mass is 9.96. The van der Waals surface area contributed by atoms with Crippen LogP contribution in [0.15, 0.2) is 24.3 Å². The Morgan fingerprint density at radius 2 is 2.11 bits per heavy atom. The van der Waals surface area contributed by atoms with Gasteiger partial charge in [-0.2, -0.15) is 0 Å². The van der Waals surface area contributed by atoms with Crippen LogP contribution in [0.4, 0.5) is 0 Å². The Bertz CT molecular complexity index is 778. The van der Waals surface area contributed by atoms with Crippen molar-refractivity contribution in [3.8, 4) is 0 Å². The molecule has 0 bridgehead atoms. The van der Waals surface area contributed by atoms with Gasteiger partial charge in [-0.1, -0.05) is 29.8 Å². The van der Waals surface area contributed by atoms with Crippen molar-refractivity contribution >= 4 is 21.9 Å². The second kappa shape index (κ2) is 9.32. The molecular formula is C19H28N2O5S. The lowest BCUT2D eigenvalue weighted by Crippen LogP contribution is -2.47. The van der Waals surface area contributed by atoms with E-state index in [2.05, 4.69) is 5.32 Å². The highest BCUT2D eigenvalue weighted by Gasteiger charge is 2.32. The van der Waals surface area contributed by atoms with E-state index in [1.165, 1.54) is 4.31 Å². The molecule has 2 unspecified atom stereocenters. The third-order valence-electron chi connectivity index (χ3n) is 4.95. The van der Waals surface area contributed by atoms with Crippen molar-refractivity contribution in [2.75, 3.05) is 25.4 Å². The molecule has 1 saturated heterocycles. The molecule has 0 radical (unpaired) electrons. The predicted octanol–water partition coefficient (Wildman–Crippen LogP) is 1.42. The number of hydrogen-bond donors (Lipinski definition) is 2. The minimum atomic E-state index is -3.32. The molecule has 0 saturated carbocycles. The Morgan fingerprint density at radius 1 is 1.37 bits per heavy atom. The summed E-state index contributed by atoms with van der Waals surface area (Å²) in [6, 6.07) is 7.64. The Balaban J connectivity index is 1.94. The quantitative estimate of drug-likeness (QED) is 0.692. The van der Waals surface area contributed by atoms with Gasteiger partial charge >= 0.3 is 5.97 Å². The summed E-state index contributed by atoms with van der Waals surface area (Å²) in [5.74, 6) is -2.39. The van der Waals surface area contributed by atoms with E-state index in [9.17, 15) is 23.1 Å². The molecule has 0 spiro atoms. The molecule has 7 nitrogen and oxygen atoms in total. The van der Waals surface area contributed by atoms with Crippen LogP contribution >= 0.6 is 0 Å². The summed E-state index contributed by atoms with van der Waals surface area (Å²) in [7, 11) is -3.32. The fourth-order valence-electron chi connectivity index (χ4n) is 3.33. The first kappa shape index (κ1) is 21.4. The Hall–Kier alpha value is -1.93. The van der Waals surface area contributed by atoms with Crippen LogP contribution in [0.3, 0.4) is 0 Å². The summed E-state index contributed by atoms with van der Waals surface area (Å²) in [4.78, 5) is 24.0. The molecule has 1 aliphatic heterocycles. The van der Waals surface area contributed by atoms with Gasteiger partial charge in [0.2, 0.25) is 15.9 Å². The number of nitrogens with zero attached hydrogens (tertiary/aromatic N) is 1.